The van der Waals surface area contributed by atoms with E-state index in [4.69, 9.17) is 10.5 Å². The van der Waals surface area contributed by atoms with Gasteiger partial charge in [0.2, 0.25) is 0 Å². The number of hydrogen-bond acceptors (Lipinski definition) is 4. The average Bonchev–Trinajstić information content (AvgIpc) is 2.94. The van der Waals surface area contributed by atoms with Crippen LogP contribution in [0.5, 0.6) is 0 Å². The van der Waals surface area contributed by atoms with Crippen LogP contribution in [-0.2, 0) is 23.2 Å². The normalized spacial score (nSPS) is 20.6. The minimum absolute atomic E-state index is 0.0237. The monoisotopic (exact) mass is 252 g/mol. The first-order valence-electron chi connectivity index (χ1n) is 6.77. The lowest BCUT2D eigenvalue weighted by Crippen LogP contribution is -2.28. The van der Waals surface area contributed by atoms with Crippen LogP contribution in [0.3, 0.4) is 0 Å². The van der Waals surface area contributed by atoms with Crippen LogP contribution in [0, 0.1) is 0 Å². The standard InChI is InChI=1S/C13H24N4O/c1-13(2,3)17-11(15-16-12(17)9-14)7-6-10-5-4-8-18-10/h10H,4-9,14H2,1-3H3. The zero-order valence-corrected chi connectivity index (χ0v) is 11.6. The van der Waals surface area contributed by atoms with Gasteiger partial charge in [0.15, 0.2) is 0 Å². The summed E-state index contributed by atoms with van der Waals surface area (Å²) < 4.78 is 7.82. The number of nitrogens with two attached hydrogens (primary N) is 1. The van der Waals surface area contributed by atoms with Crippen LogP contribution in [0.15, 0.2) is 0 Å². The maximum atomic E-state index is 5.73. The summed E-state index contributed by atoms with van der Waals surface area (Å²) in [5, 5.41) is 8.49. The molecular weight excluding hydrogens is 228 g/mol. The van der Waals surface area contributed by atoms with Crippen LogP contribution >= 0.6 is 0 Å². The van der Waals surface area contributed by atoms with Crippen LogP contribution < -0.4 is 5.73 Å². The summed E-state index contributed by atoms with van der Waals surface area (Å²) in [6, 6.07) is 0. The number of hydrogen-bond donors (Lipinski definition) is 1. The molecule has 18 heavy (non-hydrogen) atoms. The van der Waals surface area contributed by atoms with E-state index in [1.165, 1.54) is 12.8 Å². The van der Waals surface area contributed by atoms with E-state index in [0.717, 1.165) is 31.1 Å². The second-order valence-electron chi connectivity index (χ2n) is 5.92. The number of aromatic nitrogens is 3. The first-order valence-corrected chi connectivity index (χ1v) is 6.77. The van der Waals surface area contributed by atoms with Gasteiger partial charge in [0, 0.05) is 18.6 Å². The number of ether oxygens (including phenoxy) is 1. The van der Waals surface area contributed by atoms with Gasteiger partial charge in [-0.3, -0.25) is 0 Å². The third-order valence-corrected chi connectivity index (χ3v) is 3.36. The van der Waals surface area contributed by atoms with Crippen molar-refractivity contribution in [3.63, 3.8) is 0 Å². The van der Waals surface area contributed by atoms with Crippen molar-refractivity contribution >= 4 is 0 Å². The van der Waals surface area contributed by atoms with E-state index >= 15 is 0 Å². The first-order chi connectivity index (χ1) is 8.52. The van der Waals surface area contributed by atoms with Crippen molar-refractivity contribution in [3.8, 4) is 0 Å². The van der Waals surface area contributed by atoms with Crippen molar-refractivity contribution in [3.05, 3.63) is 11.6 Å². The number of nitrogens with zero attached hydrogens (tertiary/aromatic N) is 3. The molecule has 1 aliphatic rings. The molecule has 2 rings (SSSR count). The molecule has 2 N–H and O–H groups in total. The Balaban J connectivity index is 2.09. The minimum atomic E-state index is -0.0237. The molecule has 0 saturated carbocycles. The van der Waals surface area contributed by atoms with Gasteiger partial charge in [0.25, 0.3) is 0 Å². The molecule has 1 aliphatic heterocycles. The Labute approximate surface area is 109 Å². The van der Waals surface area contributed by atoms with Gasteiger partial charge < -0.3 is 15.0 Å². The molecule has 0 radical (unpaired) electrons. The molecule has 1 saturated heterocycles. The van der Waals surface area contributed by atoms with Gasteiger partial charge in [-0.2, -0.15) is 0 Å². The zero-order valence-electron chi connectivity index (χ0n) is 11.6. The van der Waals surface area contributed by atoms with E-state index in [-0.39, 0.29) is 5.54 Å². The minimum Gasteiger partial charge on any atom is -0.378 e. The SMILES string of the molecule is CC(C)(C)n1c(CN)nnc1CCC1CCCO1. The molecule has 1 aromatic rings. The van der Waals surface area contributed by atoms with Gasteiger partial charge in [-0.15, -0.1) is 10.2 Å². The molecular formula is C13H24N4O. The second kappa shape index (κ2) is 5.36. The van der Waals surface area contributed by atoms with Crippen molar-refractivity contribution in [2.45, 2.75) is 64.6 Å². The molecule has 1 aromatic heterocycles. The quantitative estimate of drug-likeness (QED) is 0.884. The van der Waals surface area contributed by atoms with Crippen molar-refractivity contribution in [2.75, 3.05) is 6.61 Å². The summed E-state index contributed by atoms with van der Waals surface area (Å²) in [5.74, 6) is 1.89. The highest BCUT2D eigenvalue weighted by molar-refractivity contribution is 5.01. The summed E-state index contributed by atoms with van der Waals surface area (Å²) in [6.07, 6.45) is 4.70. The molecule has 5 nitrogen and oxygen atoms in total. The Hall–Kier alpha value is -0.940. The smallest absolute Gasteiger partial charge is 0.147 e. The van der Waals surface area contributed by atoms with Crippen molar-refractivity contribution in [1.82, 2.24) is 14.8 Å². The van der Waals surface area contributed by atoms with Gasteiger partial charge in [-0.05, 0) is 40.0 Å². The highest BCUT2D eigenvalue weighted by Gasteiger charge is 2.23. The van der Waals surface area contributed by atoms with Gasteiger partial charge in [0.05, 0.1) is 12.6 Å². The van der Waals surface area contributed by atoms with Crippen LogP contribution in [0.1, 0.15) is 51.7 Å². The summed E-state index contributed by atoms with van der Waals surface area (Å²) in [6.45, 7) is 7.82. The summed E-state index contributed by atoms with van der Waals surface area (Å²) in [4.78, 5) is 0. The summed E-state index contributed by atoms with van der Waals surface area (Å²) in [5.41, 5.74) is 5.71. The number of aryl methyl sites for hydroxylation is 1. The third-order valence-electron chi connectivity index (χ3n) is 3.36. The maximum Gasteiger partial charge on any atom is 0.147 e. The van der Waals surface area contributed by atoms with Crippen LogP contribution in [0.4, 0.5) is 0 Å². The van der Waals surface area contributed by atoms with Crippen molar-refractivity contribution in [1.29, 1.82) is 0 Å². The Morgan fingerprint density at radius 2 is 2.06 bits per heavy atom. The van der Waals surface area contributed by atoms with Gasteiger partial charge in [-0.25, -0.2) is 0 Å². The molecule has 0 amide bonds. The second-order valence-corrected chi connectivity index (χ2v) is 5.92. The van der Waals surface area contributed by atoms with Crippen molar-refractivity contribution in [2.24, 2.45) is 5.73 Å². The van der Waals surface area contributed by atoms with E-state index in [2.05, 4.69) is 35.5 Å². The van der Waals surface area contributed by atoms with Crippen LogP contribution in [0.2, 0.25) is 0 Å². The van der Waals surface area contributed by atoms with Crippen LogP contribution in [0.25, 0.3) is 0 Å². The van der Waals surface area contributed by atoms with E-state index in [0.29, 0.717) is 12.6 Å². The van der Waals surface area contributed by atoms with Gasteiger partial charge in [-0.1, -0.05) is 0 Å². The van der Waals surface area contributed by atoms with E-state index in [1.54, 1.807) is 0 Å². The van der Waals surface area contributed by atoms with Gasteiger partial charge in [0.1, 0.15) is 11.6 Å². The van der Waals surface area contributed by atoms with Gasteiger partial charge >= 0.3 is 0 Å². The fourth-order valence-corrected chi connectivity index (χ4v) is 2.58. The predicted octanol–water partition coefficient (Wildman–Crippen LogP) is 1.60. The zero-order chi connectivity index (χ0) is 13.2. The molecule has 102 valence electrons. The highest BCUT2D eigenvalue weighted by Crippen LogP contribution is 2.22. The molecule has 0 aromatic carbocycles. The average molecular weight is 252 g/mol. The first kappa shape index (κ1) is 13.5. The summed E-state index contributed by atoms with van der Waals surface area (Å²) >= 11 is 0. The van der Waals surface area contributed by atoms with Crippen molar-refractivity contribution < 1.29 is 4.74 Å². The lowest BCUT2D eigenvalue weighted by Gasteiger charge is -2.25. The van der Waals surface area contributed by atoms with E-state index < -0.39 is 0 Å². The lowest BCUT2D eigenvalue weighted by atomic mass is 10.1. The largest absolute Gasteiger partial charge is 0.378 e. The molecule has 5 heteroatoms. The maximum absolute atomic E-state index is 5.73. The Morgan fingerprint density at radius 3 is 2.61 bits per heavy atom. The third kappa shape index (κ3) is 2.90. The van der Waals surface area contributed by atoms with Crippen LogP contribution in [-0.4, -0.2) is 27.5 Å². The Kier molecular flexibility index (Phi) is 4.02. The van der Waals surface area contributed by atoms with E-state index in [1.807, 2.05) is 0 Å². The number of rotatable bonds is 4. The fourth-order valence-electron chi connectivity index (χ4n) is 2.58. The summed E-state index contributed by atoms with van der Waals surface area (Å²) in [7, 11) is 0. The molecule has 1 atom stereocenters. The fraction of sp³-hybridized carbons (Fsp3) is 0.846. The molecule has 1 unspecified atom stereocenters. The Morgan fingerprint density at radius 1 is 1.33 bits per heavy atom. The molecule has 0 bridgehead atoms. The lowest BCUT2D eigenvalue weighted by molar-refractivity contribution is 0.103. The molecule has 2 heterocycles. The highest BCUT2D eigenvalue weighted by atomic mass is 16.5. The topological polar surface area (TPSA) is 66.0 Å². The van der Waals surface area contributed by atoms with E-state index in [9.17, 15) is 0 Å². The molecule has 1 fully saturated rings. The molecule has 0 aliphatic carbocycles. The Bertz CT molecular complexity index is 388. The predicted molar refractivity (Wildman–Crippen MR) is 70.2 cm³/mol. The molecule has 0 spiro atoms.